The van der Waals surface area contributed by atoms with Crippen molar-refractivity contribution in [2.45, 2.75) is 26.2 Å². The highest BCUT2D eigenvalue weighted by Crippen LogP contribution is 2.38. The molecule has 0 saturated heterocycles. The summed E-state index contributed by atoms with van der Waals surface area (Å²) in [5, 5.41) is 7.58. The summed E-state index contributed by atoms with van der Waals surface area (Å²) < 4.78 is 7.26. The molecule has 0 fully saturated rings. The van der Waals surface area contributed by atoms with Gasteiger partial charge in [-0.25, -0.2) is 4.68 Å². The molecule has 0 aliphatic carbocycles. The van der Waals surface area contributed by atoms with Crippen LogP contribution in [0.1, 0.15) is 34.6 Å². The zero-order valence-corrected chi connectivity index (χ0v) is 15.9. The second-order valence-electron chi connectivity index (χ2n) is 7.02. The number of amides is 1. The van der Waals surface area contributed by atoms with Crippen LogP contribution in [-0.2, 0) is 4.79 Å². The number of aryl methyl sites for hydroxylation is 2. The third-order valence-corrected chi connectivity index (χ3v) is 5.01. The quantitative estimate of drug-likeness (QED) is 0.706. The van der Waals surface area contributed by atoms with Gasteiger partial charge in [0.25, 0.3) is 0 Å². The Kier molecular flexibility index (Phi) is 4.62. The lowest BCUT2D eigenvalue weighted by molar-refractivity contribution is -0.116. The summed E-state index contributed by atoms with van der Waals surface area (Å²) in [4.78, 5) is 12.4. The number of carbonyl (C=O) groups excluding carboxylic acids is 1. The molecular weight excluding hydrogens is 350 g/mol. The van der Waals surface area contributed by atoms with Gasteiger partial charge in [0.1, 0.15) is 18.2 Å². The molecule has 0 radical (unpaired) electrons. The number of hydrogen-bond donors (Lipinski definition) is 1. The molecule has 4 rings (SSSR count). The van der Waals surface area contributed by atoms with E-state index in [0.717, 1.165) is 28.2 Å². The Labute approximate surface area is 164 Å². The summed E-state index contributed by atoms with van der Waals surface area (Å²) in [5.74, 6) is 3.84. The predicted molar refractivity (Wildman–Crippen MR) is 109 cm³/mol. The van der Waals surface area contributed by atoms with Crippen molar-refractivity contribution in [3.8, 4) is 23.8 Å². The van der Waals surface area contributed by atoms with Crippen LogP contribution >= 0.6 is 0 Å². The van der Waals surface area contributed by atoms with Gasteiger partial charge in [-0.15, -0.1) is 6.42 Å². The minimum Gasteiger partial charge on any atom is -0.481 e. The van der Waals surface area contributed by atoms with E-state index in [0.29, 0.717) is 12.2 Å². The first-order chi connectivity index (χ1) is 13.6. The summed E-state index contributed by atoms with van der Waals surface area (Å²) in [7, 11) is 0. The van der Waals surface area contributed by atoms with Crippen LogP contribution < -0.4 is 10.1 Å². The summed E-state index contributed by atoms with van der Waals surface area (Å²) in [6, 6.07) is 13.9. The Morgan fingerprint density at radius 1 is 1.25 bits per heavy atom. The second-order valence-corrected chi connectivity index (χ2v) is 7.02. The number of anilines is 1. The van der Waals surface area contributed by atoms with Crippen molar-refractivity contribution in [2.75, 3.05) is 11.9 Å². The fraction of sp³-hybridized carbons (Fsp3) is 0.217. The number of carbonyl (C=O) groups is 1. The maximum atomic E-state index is 12.4. The predicted octanol–water partition coefficient (Wildman–Crippen LogP) is 3.98. The summed E-state index contributed by atoms with van der Waals surface area (Å²) in [6.45, 7) is 4.34. The molecule has 5 heteroatoms. The van der Waals surface area contributed by atoms with E-state index in [1.807, 2.05) is 54.2 Å². The molecule has 2 aromatic carbocycles. The van der Waals surface area contributed by atoms with Crippen LogP contribution in [0, 0.1) is 26.2 Å². The first kappa shape index (κ1) is 17.9. The number of terminal acetylenes is 1. The number of benzene rings is 2. The van der Waals surface area contributed by atoms with Gasteiger partial charge in [0, 0.05) is 17.9 Å². The van der Waals surface area contributed by atoms with Gasteiger partial charge in [-0.3, -0.25) is 4.79 Å². The number of hydrogen-bond acceptors (Lipinski definition) is 3. The Balaban J connectivity index is 1.71. The fourth-order valence-corrected chi connectivity index (χ4v) is 3.66. The number of aromatic nitrogens is 2. The Bertz CT molecular complexity index is 1070. The van der Waals surface area contributed by atoms with E-state index in [9.17, 15) is 4.79 Å². The van der Waals surface area contributed by atoms with Crippen LogP contribution in [0.2, 0.25) is 0 Å². The highest BCUT2D eigenvalue weighted by atomic mass is 16.5. The van der Waals surface area contributed by atoms with Crippen molar-refractivity contribution < 1.29 is 9.53 Å². The van der Waals surface area contributed by atoms with Gasteiger partial charge in [-0.1, -0.05) is 35.7 Å². The maximum absolute atomic E-state index is 12.4. The molecular formula is C23H21N3O2. The van der Waals surface area contributed by atoms with E-state index in [1.54, 1.807) is 0 Å². The Hall–Kier alpha value is -3.52. The highest BCUT2D eigenvalue weighted by Gasteiger charge is 2.30. The molecule has 0 spiro atoms. The molecule has 1 amide bonds. The van der Waals surface area contributed by atoms with E-state index in [1.165, 1.54) is 5.56 Å². The molecule has 1 atom stereocenters. The van der Waals surface area contributed by atoms with E-state index >= 15 is 0 Å². The topological polar surface area (TPSA) is 56.1 Å². The van der Waals surface area contributed by atoms with Gasteiger partial charge in [0.05, 0.1) is 11.9 Å². The molecule has 28 heavy (non-hydrogen) atoms. The van der Waals surface area contributed by atoms with Crippen molar-refractivity contribution in [1.82, 2.24) is 9.78 Å². The molecule has 5 nitrogen and oxygen atoms in total. The van der Waals surface area contributed by atoms with Gasteiger partial charge in [0.2, 0.25) is 5.91 Å². The van der Waals surface area contributed by atoms with Crippen LogP contribution in [0.25, 0.3) is 5.69 Å². The summed E-state index contributed by atoms with van der Waals surface area (Å²) in [5.41, 5.74) is 5.32. The minimum absolute atomic E-state index is 0.0170. The van der Waals surface area contributed by atoms with Crippen LogP contribution in [0.5, 0.6) is 5.75 Å². The van der Waals surface area contributed by atoms with Crippen molar-refractivity contribution in [1.29, 1.82) is 0 Å². The highest BCUT2D eigenvalue weighted by molar-refractivity contribution is 5.94. The second kappa shape index (κ2) is 7.24. The number of nitrogens with zero attached hydrogens (tertiary/aromatic N) is 2. The molecule has 0 bridgehead atoms. The number of ether oxygens (including phenoxy) is 1. The first-order valence-electron chi connectivity index (χ1n) is 9.18. The first-order valence-corrected chi connectivity index (χ1v) is 9.18. The minimum atomic E-state index is -0.0510. The number of nitrogens with one attached hydrogen (secondary N) is 1. The van der Waals surface area contributed by atoms with Crippen LogP contribution in [0.15, 0.2) is 48.7 Å². The van der Waals surface area contributed by atoms with E-state index in [-0.39, 0.29) is 18.4 Å². The average Bonchev–Trinajstić information content (AvgIpc) is 3.09. The smallest absolute Gasteiger partial charge is 0.226 e. The van der Waals surface area contributed by atoms with Gasteiger partial charge >= 0.3 is 0 Å². The molecule has 1 unspecified atom stereocenters. The Morgan fingerprint density at radius 3 is 2.75 bits per heavy atom. The van der Waals surface area contributed by atoms with E-state index in [2.05, 4.69) is 29.3 Å². The van der Waals surface area contributed by atoms with Crippen LogP contribution in [-0.4, -0.2) is 22.3 Å². The Morgan fingerprint density at radius 2 is 2.04 bits per heavy atom. The molecule has 1 aliphatic heterocycles. The zero-order valence-electron chi connectivity index (χ0n) is 15.9. The van der Waals surface area contributed by atoms with Crippen molar-refractivity contribution in [3.05, 3.63) is 70.9 Å². The third kappa shape index (κ3) is 3.25. The lowest BCUT2D eigenvalue weighted by atomic mass is 9.87. The van der Waals surface area contributed by atoms with Crippen molar-refractivity contribution in [3.63, 3.8) is 0 Å². The largest absolute Gasteiger partial charge is 0.481 e. The maximum Gasteiger partial charge on any atom is 0.226 e. The normalized spacial score (nSPS) is 15.5. The van der Waals surface area contributed by atoms with Gasteiger partial charge in [0.15, 0.2) is 0 Å². The summed E-state index contributed by atoms with van der Waals surface area (Å²) >= 11 is 0. The molecule has 140 valence electrons. The van der Waals surface area contributed by atoms with E-state index < -0.39 is 0 Å². The fourth-order valence-electron chi connectivity index (χ4n) is 3.66. The lowest BCUT2D eigenvalue weighted by Gasteiger charge is -2.24. The van der Waals surface area contributed by atoms with Crippen molar-refractivity contribution >= 4 is 11.7 Å². The van der Waals surface area contributed by atoms with Gasteiger partial charge in [-0.2, -0.15) is 5.10 Å². The molecule has 1 aliphatic rings. The molecule has 1 N–H and O–H groups in total. The van der Waals surface area contributed by atoms with Crippen LogP contribution in [0.4, 0.5) is 5.82 Å². The molecule has 1 aromatic heterocycles. The van der Waals surface area contributed by atoms with Gasteiger partial charge in [-0.05, 0) is 43.2 Å². The van der Waals surface area contributed by atoms with Crippen LogP contribution in [0.3, 0.4) is 0 Å². The zero-order chi connectivity index (χ0) is 19.7. The number of rotatable bonds is 4. The van der Waals surface area contributed by atoms with E-state index in [4.69, 9.17) is 11.2 Å². The monoisotopic (exact) mass is 371 g/mol. The van der Waals surface area contributed by atoms with Crippen molar-refractivity contribution in [2.24, 2.45) is 0 Å². The molecule has 3 aromatic rings. The standard InChI is InChI=1S/C23H21N3O2/c1-4-11-28-18-8-6-17(7-9-18)19-13-22(27)25-23-20(19)14-24-26(23)21-10-5-15(2)12-16(21)3/h1,5-10,12,14,19H,11,13H2,2-3H3,(H,25,27). The average molecular weight is 371 g/mol. The summed E-state index contributed by atoms with van der Waals surface area (Å²) in [6.07, 6.45) is 7.47. The molecule has 2 heterocycles. The third-order valence-electron chi connectivity index (χ3n) is 5.01. The number of fused-ring (bicyclic) bond motifs is 1. The SMILES string of the molecule is C#CCOc1ccc(C2CC(=O)Nc3c2cnn3-c2ccc(C)cc2C)cc1. The lowest BCUT2D eigenvalue weighted by Crippen LogP contribution is -2.24. The molecule has 0 saturated carbocycles. The van der Waals surface area contributed by atoms with Gasteiger partial charge < -0.3 is 10.1 Å².